The summed E-state index contributed by atoms with van der Waals surface area (Å²) in [7, 11) is 0. The number of esters is 2. The van der Waals surface area contributed by atoms with Gasteiger partial charge in [-0.1, -0.05) is 6.07 Å². The Kier molecular flexibility index (Phi) is 2.56. The third-order valence-corrected chi connectivity index (χ3v) is 2.82. The third-order valence-electron chi connectivity index (χ3n) is 2.22. The maximum absolute atomic E-state index is 12.9. The van der Waals surface area contributed by atoms with Crippen LogP contribution in [0, 0.1) is 5.82 Å². The van der Waals surface area contributed by atoms with E-state index in [9.17, 15) is 14.0 Å². The molecule has 0 bridgehead atoms. The van der Waals surface area contributed by atoms with Crippen LogP contribution in [0.3, 0.4) is 0 Å². The van der Waals surface area contributed by atoms with E-state index in [-0.39, 0.29) is 10.9 Å². The van der Waals surface area contributed by atoms with Crippen LogP contribution in [0.4, 0.5) is 4.39 Å². The van der Waals surface area contributed by atoms with Crippen molar-refractivity contribution < 1.29 is 18.7 Å². The highest BCUT2D eigenvalue weighted by molar-refractivity contribution is 9.10. The second-order valence-electron chi connectivity index (χ2n) is 3.22. The highest BCUT2D eigenvalue weighted by atomic mass is 79.9. The number of rotatable bonds is 1. The fourth-order valence-corrected chi connectivity index (χ4v) is 1.85. The summed E-state index contributed by atoms with van der Waals surface area (Å²) in [6.07, 6.45) is 0.0247. The van der Waals surface area contributed by atoms with Crippen LogP contribution in [0.25, 0.3) is 0 Å². The average Bonchev–Trinajstić information content (AvgIpc) is 2.50. The summed E-state index contributed by atoms with van der Waals surface area (Å²) < 4.78 is 17.6. The molecule has 2 rings (SSSR count). The lowest BCUT2D eigenvalue weighted by Gasteiger charge is -2.05. The molecule has 3 nitrogen and oxygen atoms in total. The minimum Gasteiger partial charge on any atom is -0.393 e. The van der Waals surface area contributed by atoms with Crippen molar-refractivity contribution in [2.45, 2.75) is 12.3 Å². The summed E-state index contributed by atoms with van der Waals surface area (Å²) in [6.45, 7) is 0. The zero-order chi connectivity index (χ0) is 11.0. The monoisotopic (exact) mass is 272 g/mol. The van der Waals surface area contributed by atoms with Gasteiger partial charge in [-0.3, -0.25) is 9.59 Å². The summed E-state index contributed by atoms with van der Waals surface area (Å²) in [5, 5.41) is 0. The molecule has 0 saturated carbocycles. The fraction of sp³-hybridized carbons (Fsp3) is 0.200. The molecule has 0 aliphatic carbocycles. The molecule has 0 spiro atoms. The predicted molar refractivity (Wildman–Crippen MR) is 52.6 cm³/mol. The molecule has 15 heavy (non-hydrogen) atoms. The first-order valence-electron chi connectivity index (χ1n) is 4.27. The summed E-state index contributed by atoms with van der Waals surface area (Å²) in [6, 6.07) is 4.21. The van der Waals surface area contributed by atoms with Gasteiger partial charge < -0.3 is 4.74 Å². The second kappa shape index (κ2) is 3.73. The molecule has 1 aromatic carbocycles. The molecule has 0 aromatic heterocycles. The van der Waals surface area contributed by atoms with E-state index in [0.717, 1.165) is 0 Å². The Balaban J connectivity index is 2.34. The van der Waals surface area contributed by atoms with Gasteiger partial charge in [-0.05, 0) is 33.6 Å². The van der Waals surface area contributed by atoms with Crippen molar-refractivity contribution >= 4 is 27.9 Å². The van der Waals surface area contributed by atoms with Crippen molar-refractivity contribution in [3.05, 3.63) is 34.1 Å². The SMILES string of the molecule is O=C1CC(c2ccc(F)c(Br)c2)C(=O)O1. The second-order valence-corrected chi connectivity index (χ2v) is 4.08. The lowest BCUT2D eigenvalue weighted by Crippen LogP contribution is -2.05. The first-order chi connectivity index (χ1) is 7.08. The van der Waals surface area contributed by atoms with Crippen LogP contribution in [0.15, 0.2) is 22.7 Å². The summed E-state index contributed by atoms with van der Waals surface area (Å²) in [5.74, 6) is -2.12. The Morgan fingerprint density at radius 2 is 2.13 bits per heavy atom. The largest absolute Gasteiger partial charge is 0.393 e. The first kappa shape index (κ1) is 10.3. The molecule has 0 radical (unpaired) electrons. The molecule has 1 unspecified atom stereocenters. The molecule has 78 valence electrons. The number of ether oxygens (including phenoxy) is 1. The van der Waals surface area contributed by atoms with Crippen LogP contribution < -0.4 is 0 Å². The lowest BCUT2D eigenvalue weighted by molar-refractivity contribution is -0.152. The van der Waals surface area contributed by atoms with E-state index in [2.05, 4.69) is 20.7 Å². The van der Waals surface area contributed by atoms with Gasteiger partial charge in [0.1, 0.15) is 5.82 Å². The molecule has 1 aliphatic heterocycles. The highest BCUT2D eigenvalue weighted by Gasteiger charge is 2.34. The van der Waals surface area contributed by atoms with E-state index in [0.29, 0.717) is 5.56 Å². The number of cyclic esters (lactones) is 2. The van der Waals surface area contributed by atoms with Crippen LogP contribution in [-0.2, 0) is 14.3 Å². The number of hydrogen-bond donors (Lipinski definition) is 0. The zero-order valence-electron chi connectivity index (χ0n) is 7.50. The molecular weight excluding hydrogens is 267 g/mol. The number of benzene rings is 1. The lowest BCUT2D eigenvalue weighted by atomic mass is 9.98. The topological polar surface area (TPSA) is 43.4 Å². The summed E-state index contributed by atoms with van der Waals surface area (Å²) >= 11 is 3.02. The molecule has 1 saturated heterocycles. The van der Waals surface area contributed by atoms with E-state index >= 15 is 0 Å². The fourth-order valence-electron chi connectivity index (χ4n) is 1.46. The van der Waals surface area contributed by atoms with Crippen molar-refractivity contribution in [3.8, 4) is 0 Å². The Labute approximate surface area is 93.4 Å². The Morgan fingerprint density at radius 3 is 2.67 bits per heavy atom. The molecular formula is C10H6BrFO3. The quantitative estimate of drug-likeness (QED) is 0.581. The van der Waals surface area contributed by atoms with E-state index in [1.54, 1.807) is 0 Å². The van der Waals surface area contributed by atoms with Gasteiger partial charge in [0.2, 0.25) is 0 Å². The third kappa shape index (κ3) is 1.92. The standard InChI is InChI=1S/C10H6BrFO3/c11-7-3-5(1-2-8(7)12)6-4-9(13)15-10(6)14/h1-3,6H,4H2. The summed E-state index contributed by atoms with van der Waals surface area (Å²) in [4.78, 5) is 22.1. The van der Waals surface area contributed by atoms with Gasteiger partial charge in [-0.2, -0.15) is 0 Å². The number of halogens is 2. The first-order valence-corrected chi connectivity index (χ1v) is 5.06. The highest BCUT2D eigenvalue weighted by Crippen LogP contribution is 2.29. The molecule has 0 N–H and O–H groups in total. The van der Waals surface area contributed by atoms with Crippen molar-refractivity contribution in [1.82, 2.24) is 0 Å². The van der Waals surface area contributed by atoms with Crippen LogP contribution in [0.1, 0.15) is 17.9 Å². The van der Waals surface area contributed by atoms with Gasteiger partial charge >= 0.3 is 11.9 Å². The summed E-state index contributed by atoms with van der Waals surface area (Å²) in [5.41, 5.74) is 0.583. The number of hydrogen-bond acceptors (Lipinski definition) is 3. The zero-order valence-corrected chi connectivity index (χ0v) is 9.08. The molecule has 1 fully saturated rings. The van der Waals surface area contributed by atoms with Gasteiger partial charge in [-0.15, -0.1) is 0 Å². The minimum absolute atomic E-state index is 0.0247. The molecule has 0 amide bonds. The van der Waals surface area contributed by atoms with Crippen molar-refractivity contribution in [1.29, 1.82) is 0 Å². The maximum atomic E-state index is 12.9. The average molecular weight is 273 g/mol. The Morgan fingerprint density at radius 1 is 1.40 bits per heavy atom. The minimum atomic E-state index is -0.602. The Bertz CT molecular complexity index is 444. The van der Waals surface area contributed by atoms with Crippen molar-refractivity contribution in [3.63, 3.8) is 0 Å². The molecule has 1 aromatic rings. The van der Waals surface area contributed by atoms with Gasteiger partial charge in [0.25, 0.3) is 0 Å². The van der Waals surface area contributed by atoms with Crippen LogP contribution in [0.2, 0.25) is 0 Å². The van der Waals surface area contributed by atoms with Crippen molar-refractivity contribution in [2.75, 3.05) is 0 Å². The molecule has 1 aliphatic rings. The van der Waals surface area contributed by atoms with E-state index in [1.807, 2.05) is 0 Å². The van der Waals surface area contributed by atoms with Crippen molar-refractivity contribution in [2.24, 2.45) is 0 Å². The number of carbonyl (C=O) groups excluding carboxylic acids is 2. The van der Waals surface area contributed by atoms with E-state index < -0.39 is 23.7 Å². The van der Waals surface area contributed by atoms with Gasteiger partial charge in [0.15, 0.2) is 0 Å². The molecule has 1 atom stereocenters. The van der Waals surface area contributed by atoms with E-state index in [1.165, 1.54) is 18.2 Å². The van der Waals surface area contributed by atoms with Gasteiger partial charge in [0.05, 0.1) is 16.8 Å². The molecule has 1 heterocycles. The molecule has 5 heteroatoms. The number of carbonyl (C=O) groups is 2. The van der Waals surface area contributed by atoms with Crippen LogP contribution in [0.5, 0.6) is 0 Å². The van der Waals surface area contributed by atoms with Gasteiger partial charge in [-0.25, -0.2) is 4.39 Å². The predicted octanol–water partition coefficient (Wildman–Crippen LogP) is 2.15. The smallest absolute Gasteiger partial charge is 0.321 e. The van der Waals surface area contributed by atoms with E-state index in [4.69, 9.17) is 0 Å². The maximum Gasteiger partial charge on any atom is 0.321 e. The van der Waals surface area contributed by atoms with Gasteiger partial charge in [0, 0.05) is 0 Å². The van der Waals surface area contributed by atoms with Crippen LogP contribution in [-0.4, -0.2) is 11.9 Å². The Hall–Kier alpha value is -1.23. The normalized spacial score (nSPS) is 20.5. The van der Waals surface area contributed by atoms with Crippen LogP contribution >= 0.6 is 15.9 Å².